The van der Waals surface area contributed by atoms with Crippen LogP contribution in [0.3, 0.4) is 0 Å². The van der Waals surface area contributed by atoms with Gasteiger partial charge in [0.15, 0.2) is 9.84 Å². The number of nitrogens with one attached hydrogen (secondary N) is 1. The number of sulfone groups is 1. The predicted molar refractivity (Wildman–Crippen MR) is 85.1 cm³/mol. The Kier molecular flexibility index (Phi) is 4.96. The number of anilines is 1. The molecule has 112 valence electrons. The van der Waals surface area contributed by atoms with Gasteiger partial charge in [-0.25, -0.2) is 8.42 Å². The van der Waals surface area contributed by atoms with Crippen molar-refractivity contribution in [2.24, 2.45) is 0 Å². The lowest BCUT2D eigenvalue weighted by Gasteiger charge is -2.18. The highest BCUT2D eigenvalue weighted by molar-refractivity contribution is 7.91. The number of nitrogens with zero attached hydrogens (tertiary/aromatic N) is 1. The molecule has 0 saturated heterocycles. The van der Waals surface area contributed by atoms with Gasteiger partial charge in [-0.3, -0.25) is 4.98 Å². The standard InChI is InChI=1S/C16H20N2O2S/c1-3-11-21(19,20)16-9-5-4-8-15(16)18-13(2)14-7-6-10-17-12-14/h4-10,12-13,18H,3,11H2,1-2H3. The van der Waals surface area contributed by atoms with E-state index in [1.165, 1.54) is 0 Å². The van der Waals surface area contributed by atoms with E-state index in [2.05, 4.69) is 10.3 Å². The minimum Gasteiger partial charge on any atom is -0.377 e. The maximum absolute atomic E-state index is 12.3. The van der Waals surface area contributed by atoms with Crippen LogP contribution in [-0.4, -0.2) is 19.2 Å². The largest absolute Gasteiger partial charge is 0.377 e. The summed E-state index contributed by atoms with van der Waals surface area (Å²) in [4.78, 5) is 4.45. The summed E-state index contributed by atoms with van der Waals surface area (Å²) in [6.45, 7) is 3.85. The Morgan fingerprint density at radius 1 is 1.19 bits per heavy atom. The first kappa shape index (κ1) is 15.5. The Labute approximate surface area is 126 Å². The number of rotatable bonds is 6. The molecule has 1 aromatic carbocycles. The smallest absolute Gasteiger partial charge is 0.180 e. The van der Waals surface area contributed by atoms with Crippen molar-refractivity contribution < 1.29 is 8.42 Å². The van der Waals surface area contributed by atoms with Crippen molar-refractivity contribution in [3.8, 4) is 0 Å². The van der Waals surface area contributed by atoms with Crippen molar-refractivity contribution in [1.82, 2.24) is 4.98 Å². The van der Waals surface area contributed by atoms with Crippen LogP contribution >= 0.6 is 0 Å². The van der Waals surface area contributed by atoms with Gasteiger partial charge in [-0.15, -0.1) is 0 Å². The van der Waals surface area contributed by atoms with Crippen LogP contribution in [-0.2, 0) is 9.84 Å². The lowest BCUT2D eigenvalue weighted by molar-refractivity contribution is 0.595. The van der Waals surface area contributed by atoms with E-state index in [0.29, 0.717) is 17.0 Å². The summed E-state index contributed by atoms with van der Waals surface area (Å²) in [6.07, 6.45) is 4.10. The average Bonchev–Trinajstić information content (AvgIpc) is 2.48. The summed E-state index contributed by atoms with van der Waals surface area (Å²) >= 11 is 0. The highest BCUT2D eigenvalue weighted by atomic mass is 32.2. The minimum absolute atomic E-state index is 0.0170. The monoisotopic (exact) mass is 304 g/mol. The van der Waals surface area contributed by atoms with Crippen LogP contribution in [0.5, 0.6) is 0 Å². The van der Waals surface area contributed by atoms with Gasteiger partial charge in [0.1, 0.15) is 0 Å². The topological polar surface area (TPSA) is 59.1 Å². The van der Waals surface area contributed by atoms with Crippen LogP contribution in [0.4, 0.5) is 5.69 Å². The van der Waals surface area contributed by atoms with Gasteiger partial charge in [0.2, 0.25) is 0 Å². The third-order valence-electron chi connectivity index (χ3n) is 3.25. The fraction of sp³-hybridized carbons (Fsp3) is 0.312. The normalized spacial score (nSPS) is 12.9. The van der Waals surface area contributed by atoms with Gasteiger partial charge in [0.25, 0.3) is 0 Å². The Hall–Kier alpha value is -1.88. The molecule has 0 amide bonds. The summed E-state index contributed by atoms with van der Waals surface area (Å²) in [5.41, 5.74) is 1.66. The zero-order chi connectivity index (χ0) is 15.3. The Bertz CT molecular complexity index is 684. The predicted octanol–water partition coefficient (Wildman–Crippen LogP) is 3.44. The molecule has 1 aromatic heterocycles. The van der Waals surface area contributed by atoms with Gasteiger partial charge in [-0.2, -0.15) is 0 Å². The quantitative estimate of drug-likeness (QED) is 0.888. The molecule has 5 heteroatoms. The molecule has 21 heavy (non-hydrogen) atoms. The van der Waals surface area contributed by atoms with Crippen LogP contribution < -0.4 is 5.32 Å². The van der Waals surface area contributed by atoms with E-state index >= 15 is 0 Å². The molecule has 1 atom stereocenters. The van der Waals surface area contributed by atoms with E-state index in [4.69, 9.17) is 0 Å². The number of pyridine rings is 1. The van der Waals surface area contributed by atoms with Crippen molar-refractivity contribution in [2.45, 2.75) is 31.2 Å². The molecule has 1 N–H and O–H groups in total. The molecule has 0 aliphatic carbocycles. The number of aromatic nitrogens is 1. The summed E-state index contributed by atoms with van der Waals surface area (Å²) in [5, 5.41) is 3.27. The van der Waals surface area contributed by atoms with Gasteiger partial charge in [-0.05, 0) is 37.1 Å². The van der Waals surface area contributed by atoms with Gasteiger partial charge in [-0.1, -0.05) is 25.1 Å². The molecule has 1 heterocycles. The average molecular weight is 304 g/mol. The molecule has 1 unspecified atom stereocenters. The van der Waals surface area contributed by atoms with Crippen molar-refractivity contribution in [3.63, 3.8) is 0 Å². The second-order valence-electron chi connectivity index (χ2n) is 4.97. The second kappa shape index (κ2) is 6.72. The molecule has 2 rings (SSSR count). The second-order valence-corrected chi connectivity index (χ2v) is 7.04. The number of hydrogen-bond donors (Lipinski definition) is 1. The Balaban J connectivity index is 2.29. The van der Waals surface area contributed by atoms with Crippen LogP contribution in [0, 0.1) is 0 Å². The lowest BCUT2D eigenvalue weighted by Crippen LogP contribution is -2.13. The van der Waals surface area contributed by atoms with Crippen molar-refractivity contribution in [3.05, 3.63) is 54.4 Å². The fourth-order valence-corrected chi connectivity index (χ4v) is 3.69. The number of benzene rings is 1. The molecular weight excluding hydrogens is 284 g/mol. The van der Waals surface area contributed by atoms with E-state index in [9.17, 15) is 8.42 Å². The van der Waals surface area contributed by atoms with Crippen LogP contribution in [0.2, 0.25) is 0 Å². The molecule has 4 nitrogen and oxygen atoms in total. The van der Waals surface area contributed by atoms with Crippen LogP contribution in [0.15, 0.2) is 53.7 Å². The summed E-state index contributed by atoms with van der Waals surface area (Å²) in [5.74, 6) is 0.160. The first-order valence-corrected chi connectivity index (χ1v) is 8.68. The minimum atomic E-state index is -3.25. The van der Waals surface area contributed by atoms with Gasteiger partial charge in [0, 0.05) is 12.4 Å². The highest BCUT2D eigenvalue weighted by Gasteiger charge is 2.18. The zero-order valence-electron chi connectivity index (χ0n) is 12.3. The van der Waals surface area contributed by atoms with E-state index < -0.39 is 9.84 Å². The third-order valence-corrected chi connectivity index (χ3v) is 5.22. The fourth-order valence-electron chi connectivity index (χ4n) is 2.18. The maximum atomic E-state index is 12.3. The number of hydrogen-bond acceptors (Lipinski definition) is 4. The molecule has 0 spiro atoms. The molecular formula is C16H20N2O2S. The van der Waals surface area contributed by atoms with E-state index in [1.54, 1.807) is 30.6 Å². The van der Waals surface area contributed by atoms with Crippen LogP contribution in [0.25, 0.3) is 0 Å². The molecule has 0 radical (unpaired) electrons. The van der Waals surface area contributed by atoms with E-state index in [-0.39, 0.29) is 11.8 Å². The van der Waals surface area contributed by atoms with E-state index in [0.717, 1.165) is 5.56 Å². The molecule has 0 aliphatic heterocycles. The van der Waals surface area contributed by atoms with Crippen molar-refractivity contribution >= 4 is 15.5 Å². The van der Waals surface area contributed by atoms with Crippen LogP contribution in [0.1, 0.15) is 31.9 Å². The highest BCUT2D eigenvalue weighted by Crippen LogP contribution is 2.26. The molecule has 0 aliphatic rings. The first-order chi connectivity index (χ1) is 10.0. The van der Waals surface area contributed by atoms with Crippen molar-refractivity contribution in [1.29, 1.82) is 0 Å². The third kappa shape index (κ3) is 3.82. The van der Waals surface area contributed by atoms with Crippen molar-refractivity contribution in [2.75, 3.05) is 11.1 Å². The van der Waals surface area contributed by atoms with Gasteiger partial charge < -0.3 is 5.32 Å². The SMILES string of the molecule is CCCS(=O)(=O)c1ccccc1NC(C)c1cccnc1. The zero-order valence-corrected chi connectivity index (χ0v) is 13.1. The first-order valence-electron chi connectivity index (χ1n) is 7.03. The Morgan fingerprint density at radius 3 is 2.62 bits per heavy atom. The van der Waals surface area contributed by atoms with Gasteiger partial charge >= 0.3 is 0 Å². The molecule has 0 saturated carbocycles. The lowest BCUT2D eigenvalue weighted by atomic mass is 10.1. The summed E-state index contributed by atoms with van der Waals surface area (Å²) in [7, 11) is -3.25. The maximum Gasteiger partial charge on any atom is 0.180 e. The number of para-hydroxylation sites is 1. The van der Waals surface area contributed by atoms with Gasteiger partial charge in [0.05, 0.1) is 22.4 Å². The molecule has 2 aromatic rings. The Morgan fingerprint density at radius 2 is 1.95 bits per heavy atom. The molecule has 0 bridgehead atoms. The van der Waals surface area contributed by atoms with E-state index in [1.807, 2.05) is 32.0 Å². The summed E-state index contributed by atoms with van der Waals surface area (Å²) < 4.78 is 24.6. The summed E-state index contributed by atoms with van der Waals surface area (Å²) in [6, 6.07) is 10.9. The molecule has 0 fully saturated rings.